The number of hydrogen-bond donors (Lipinski definition) is 2. The quantitative estimate of drug-likeness (QED) is 0.864. The van der Waals surface area contributed by atoms with E-state index in [2.05, 4.69) is 4.72 Å². The lowest BCUT2D eigenvalue weighted by Gasteiger charge is -2.50. The minimum atomic E-state index is -3.49. The van der Waals surface area contributed by atoms with Gasteiger partial charge in [0.15, 0.2) is 0 Å². The van der Waals surface area contributed by atoms with Gasteiger partial charge >= 0.3 is 0 Å². The van der Waals surface area contributed by atoms with Crippen LogP contribution in [-0.4, -0.2) is 27.7 Å². The molecule has 2 unspecified atom stereocenters. The van der Waals surface area contributed by atoms with Gasteiger partial charge in [-0.25, -0.2) is 13.1 Å². The monoisotopic (exact) mass is 318 g/mol. The minimum Gasteiger partial charge on any atom is -0.381 e. The zero-order valence-electron chi connectivity index (χ0n) is 12.3. The van der Waals surface area contributed by atoms with E-state index in [1.54, 1.807) is 13.2 Å². The van der Waals surface area contributed by atoms with Gasteiger partial charge in [0.25, 0.3) is 0 Å². The molecule has 0 aromatic carbocycles. The summed E-state index contributed by atoms with van der Waals surface area (Å²) >= 11 is 1.43. The Labute approximate surface area is 124 Å². The van der Waals surface area contributed by atoms with Crippen LogP contribution in [0.1, 0.15) is 30.0 Å². The molecule has 2 rings (SSSR count). The van der Waals surface area contributed by atoms with E-state index in [1.807, 2.05) is 20.8 Å². The van der Waals surface area contributed by atoms with Crippen LogP contribution in [0.3, 0.4) is 0 Å². The Kier molecular flexibility index (Phi) is 4.28. The molecule has 3 N–H and O–H groups in total. The number of nitrogens with two attached hydrogens (primary N) is 1. The molecule has 0 bridgehead atoms. The molecule has 1 aromatic rings. The lowest BCUT2D eigenvalue weighted by atomic mass is 9.65. The summed E-state index contributed by atoms with van der Waals surface area (Å²) < 4.78 is 33.1. The highest BCUT2D eigenvalue weighted by molar-refractivity contribution is 7.89. The summed E-state index contributed by atoms with van der Waals surface area (Å²) in [5.74, 6) is 0. The van der Waals surface area contributed by atoms with E-state index in [0.717, 1.165) is 9.75 Å². The van der Waals surface area contributed by atoms with E-state index in [9.17, 15) is 8.42 Å². The summed E-state index contributed by atoms with van der Waals surface area (Å²) in [6, 6.07) is 1.57. The van der Waals surface area contributed by atoms with Gasteiger partial charge < -0.3 is 10.5 Å². The Morgan fingerprint density at radius 1 is 1.55 bits per heavy atom. The normalized spacial score (nSPS) is 25.4. The van der Waals surface area contributed by atoms with Gasteiger partial charge in [0, 0.05) is 34.9 Å². The SMILES string of the molecule is COC1CC(NS(=O)(=O)c2cc(CN)sc2C)C1(C)C. The molecule has 7 heteroatoms. The molecule has 0 spiro atoms. The van der Waals surface area contributed by atoms with Crippen molar-refractivity contribution >= 4 is 21.4 Å². The fourth-order valence-electron chi connectivity index (χ4n) is 2.63. The van der Waals surface area contributed by atoms with Crippen molar-refractivity contribution in [3.63, 3.8) is 0 Å². The molecule has 1 heterocycles. The largest absolute Gasteiger partial charge is 0.381 e. The Bertz CT molecular complexity index is 593. The molecular formula is C13H22N2O3S2. The number of rotatable bonds is 5. The first-order chi connectivity index (χ1) is 9.22. The number of methoxy groups -OCH3 is 1. The summed E-state index contributed by atoms with van der Waals surface area (Å²) in [7, 11) is -1.83. The molecule has 0 amide bonds. The maximum atomic E-state index is 12.5. The number of ether oxygens (including phenoxy) is 1. The van der Waals surface area contributed by atoms with Crippen LogP contribution in [0.25, 0.3) is 0 Å². The molecule has 1 saturated carbocycles. The van der Waals surface area contributed by atoms with Gasteiger partial charge in [-0.2, -0.15) is 0 Å². The summed E-state index contributed by atoms with van der Waals surface area (Å²) in [5.41, 5.74) is 5.38. The smallest absolute Gasteiger partial charge is 0.241 e. The standard InChI is InChI=1S/C13H22N2O3S2/c1-8-10(5-9(7-14)19-8)20(16,17)15-11-6-12(18-4)13(11,2)3/h5,11-12,15H,6-7,14H2,1-4H3. The Hall–Kier alpha value is -0.470. The van der Waals surface area contributed by atoms with Crippen LogP contribution in [0, 0.1) is 12.3 Å². The first-order valence-corrected chi connectivity index (χ1v) is 8.87. The van der Waals surface area contributed by atoms with Gasteiger partial charge in [0.05, 0.1) is 11.0 Å². The number of sulfonamides is 1. The van der Waals surface area contributed by atoms with E-state index in [-0.39, 0.29) is 17.6 Å². The van der Waals surface area contributed by atoms with Crippen molar-refractivity contribution in [3.05, 3.63) is 15.8 Å². The highest BCUT2D eigenvalue weighted by Gasteiger charge is 2.50. The topological polar surface area (TPSA) is 81.4 Å². The third-order valence-corrected chi connectivity index (χ3v) is 6.97. The van der Waals surface area contributed by atoms with E-state index in [1.165, 1.54) is 11.3 Å². The molecule has 5 nitrogen and oxygen atoms in total. The third kappa shape index (κ3) is 2.65. The number of thiophene rings is 1. The molecule has 0 radical (unpaired) electrons. The molecular weight excluding hydrogens is 296 g/mol. The molecule has 20 heavy (non-hydrogen) atoms. The highest BCUT2D eigenvalue weighted by Crippen LogP contribution is 2.43. The summed E-state index contributed by atoms with van der Waals surface area (Å²) in [4.78, 5) is 2.00. The molecule has 0 saturated heterocycles. The second-order valence-electron chi connectivity index (χ2n) is 5.79. The summed E-state index contributed by atoms with van der Waals surface area (Å²) in [5, 5.41) is 0. The van der Waals surface area contributed by atoms with Crippen molar-refractivity contribution in [2.24, 2.45) is 11.1 Å². The van der Waals surface area contributed by atoms with Crippen LogP contribution in [0.2, 0.25) is 0 Å². The molecule has 0 aliphatic heterocycles. The Balaban J connectivity index is 2.18. The van der Waals surface area contributed by atoms with Crippen LogP contribution >= 0.6 is 11.3 Å². The highest BCUT2D eigenvalue weighted by atomic mass is 32.2. The van der Waals surface area contributed by atoms with Gasteiger partial charge in [0.2, 0.25) is 10.0 Å². The third-order valence-electron chi connectivity index (χ3n) is 4.17. The van der Waals surface area contributed by atoms with Crippen molar-refractivity contribution < 1.29 is 13.2 Å². The lowest BCUT2D eigenvalue weighted by Crippen LogP contribution is -2.61. The van der Waals surface area contributed by atoms with Gasteiger partial charge in [-0.1, -0.05) is 13.8 Å². The zero-order chi connectivity index (χ0) is 15.1. The Morgan fingerprint density at radius 3 is 2.65 bits per heavy atom. The zero-order valence-corrected chi connectivity index (χ0v) is 13.9. The van der Waals surface area contributed by atoms with Gasteiger partial charge in [-0.15, -0.1) is 11.3 Å². The van der Waals surface area contributed by atoms with Crippen LogP contribution < -0.4 is 10.5 Å². The molecule has 1 fully saturated rings. The van der Waals surface area contributed by atoms with Crippen molar-refractivity contribution in [2.75, 3.05) is 7.11 Å². The molecule has 1 aliphatic rings. The van der Waals surface area contributed by atoms with Crippen LogP contribution in [0.5, 0.6) is 0 Å². The van der Waals surface area contributed by atoms with Gasteiger partial charge in [-0.3, -0.25) is 0 Å². The van der Waals surface area contributed by atoms with Gasteiger partial charge in [0.1, 0.15) is 0 Å². The predicted molar refractivity (Wildman–Crippen MR) is 80.3 cm³/mol. The van der Waals surface area contributed by atoms with Crippen molar-refractivity contribution in [3.8, 4) is 0 Å². The van der Waals surface area contributed by atoms with Crippen LogP contribution in [0.15, 0.2) is 11.0 Å². The van der Waals surface area contributed by atoms with E-state index >= 15 is 0 Å². The number of hydrogen-bond acceptors (Lipinski definition) is 5. The van der Waals surface area contributed by atoms with E-state index < -0.39 is 10.0 Å². The van der Waals surface area contributed by atoms with Crippen molar-refractivity contribution in [1.29, 1.82) is 0 Å². The maximum Gasteiger partial charge on any atom is 0.241 e. The molecule has 114 valence electrons. The van der Waals surface area contributed by atoms with Crippen molar-refractivity contribution in [2.45, 2.75) is 50.8 Å². The minimum absolute atomic E-state index is 0.0957. The molecule has 1 aromatic heterocycles. The first kappa shape index (κ1) is 15.9. The lowest BCUT2D eigenvalue weighted by molar-refractivity contribution is -0.0908. The second-order valence-corrected chi connectivity index (χ2v) is 8.82. The molecule has 1 aliphatic carbocycles. The summed E-state index contributed by atoms with van der Waals surface area (Å²) in [6.45, 7) is 6.21. The summed E-state index contributed by atoms with van der Waals surface area (Å²) in [6.07, 6.45) is 0.800. The maximum absolute atomic E-state index is 12.5. The van der Waals surface area contributed by atoms with Crippen molar-refractivity contribution in [1.82, 2.24) is 4.72 Å². The fourth-order valence-corrected chi connectivity index (χ4v) is 5.55. The van der Waals surface area contributed by atoms with E-state index in [0.29, 0.717) is 17.9 Å². The van der Waals surface area contributed by atoms with Crippen LogP contribution in [0.4, 0.5) is 0 Å². The Morgan fingerprint density at radius 2 is 2.20 bits per heavy atom. The number of aryl methyl sites for hydroxylation is 1. The van der Waals surface area contributed by atoms with Gasteiger partial charge in [-0.05, 0) is 19.4 Å². The first-order valence-electron chi connectivity index (χ1n) is 6.57. The van der Waals surface area contributed by atoms with Crippen LogP contribution in [-0.2, 0) is 21.3 Å². The molecule has 2 atom stereocenters. The average Bonchev–Trinajstić information content (AvgIpc) is 2.76. The second kappa shape index (κ2) is 5.38. The predicted octanol–water partition coefficient (Wildman–Crippen LogP) is 1.61. The number of nitrogens with one attached hydrogen (secondary N) is 1. The fraction of sp³-hybridized carbons (Fsp3) is 0.692. The average molecular weight is 318 g/mol. The van der Waals surface area contributed by atoms with E-state index in [4.69, 9.17) is 10.5 Å².